The summed E-state index contributed by atoms with van der Waals surface area (Å²) in [4.78, 5) is 31.9. The Morgan fingerprint density at radius 3 is 2.61 bits per heavy atom. The predicted molar refractivity (Wildman–Crippen MR) is 118 cm³/mol. The van der Waals surface area contributed by atoms with Crippen molar-refractivity contribution in [2.24, 2.45) is 11.8 Å². The molecule has 0 aliphatic carbocycles. The first-order valence-corrected chi connectivity index (χ1v) is 10.5. The highest BCUT2D eigenvalue weighted by Gasteiger charge is 2.35. The van der Waals surface area contributed by atoms with E-state index in [0.29, 0.717) is 48.2 Å². The maximum absolute atomic E-state index is 12.9. The minimum absolute atomic E-state index is 0.233. The zero-order valence-corrected chi connectivity index (χ0v) is 17.9. The number of nitriles is 1. The van der Waals surface area contributed by atoms with Crippen LogP contribution in [0.15, 0.2) is 46.9 Å². The second-order valence-electron chi connectivity index (χ2n) is 7.30. The first-order valence-electron chi connectivity index (χ1n) is 9.76. The summed E-state index contributed by atoms with van der Waals surface area (Å²) in [6.45, 7) is 1.10. The normalized spacial score (nSPS) is 15.5. The Balaban J connectivity index is 1.39. The van der Waals surface area contributed by atoms with Gasteiger partial charge in [0.1, 0.15) is 5.52 Å². The molecular formula is C22H18Cl2N4O3. The Labute approximate surface area is 188 Å². The average Bonchev–Trinajstić information content (AvgIpc) is 3.20. The van der Waals surface area contributed by atoms with Crippen LogP contribution in [0.2, 0.25) is 10.0 Å². The molecule has 9 heteroatoms. The van der Waals surface area contributed by atoms with Crippen molar-refractivity contribution in [3.63, 3.8) is 0 Å². The van der Waals surface area contributed by atoms with Crippen LogP contribution in [0.3, 0.4) is 0 Å². The first kappa shape index (κ1) is 21.2. The van der Waals surface area contributed by atoms with Crippen LogP contribution in [0.4, 0.5) is 11.7 Å². The van der Waals surface area contributed by atoms with Crippen LogP contribution in [0, 0.1) is 23.2 Å². The number of piperidine rings is 1. The largest absolute Gasteiger partial charge is 0.423 e. The van der Waals surface area contributed by atoms with Gasteiger partial charge in [0.05, 0.1) is 16.8 Å². The van der Waals surface area contributed by atoms with E-state index in [1.807, 2.05) is 35.2 Å². The number of hydrogen-bond donors (Lipinski definition) is 1. The first-order chi connectivity index (χ1) is 15.0. The number of amides is 1. The van der Waals surface area contributed by atoms with Gasteiger partial charge in [0.25, 0.3) is 6.01 Å². The molecule has 3 aromatic rings. The highest BCUT2D eigenvalue weighted by molar-refractivity contribution is 6.36. The zero-order valence-electron chi connectivity index (χ0n) is 16.3. The molecule has 1 unspecified atom stereocenters. The number of hydrogen-bond acceptors (Lipinski definition) is 6. The number of fused-ring (bicyclic) bond motifs is 1. The number of nitrogens with one attached hydrogen (secondary N) is 1. The summed E-state index contributed by atoms with van der Waals surface area (Å²) in [5.41, 5.74) is 1.78. The Morgan fingerprint density at radius 2 is 1.94 bits per heavy atom. The Morgan fingerprint density at radius 1 is 1.19 bits per heavy atom. The predicted octanol–water partition coefficient (Wildman–Crippen LogP) is 4.70. The van der Waals surface area contributed by atoms with Crippen molar-refractivity contribution in [2.75, 3.05) is 23.3 Å². The molecule has 158 valence electrons. The van der Waals surface area contributed by atoms with Gasteiger partial charge in [-0.3, -0.25) is 9.59 Å². The van der Waals surface area contributed by atoms with Crippen LogP contribution in [-0.2, 0) is 9.59 Å². The van der Waals surface area contributed by atoms with Gasteiger partial charge in [-0.05, 0) is 43.2 Å². The van der Waals surface area contributed by atoms with Gasteiger partial charge in [0, 0.05) is 24.0 Å². The third kappa shape index (κ3) is 4.50. The monoisotopic (exact) mass is 456 g/mol. The minimum atomic E-state index is -1.41. The molecule has 1 aliphatic rings. The van der Waals surface area contributed by atoms with Crippen molar-refractivity contribution in [2.45, 2.75) is 12.8 Å². The van der Waals surface area contributed by atoms with Crippen LogP contribution < -0.4 is 10.2 Å². The van der Waals surface area contributed by atoms with E-state index < -0.39 is 17.7 Å². The van der Waals surface area contributed by atoms with Crippen molar-refractivity contribution in [3.05, 3.63) is 52.5 Å². The number of rotatable bonds is 5. The number of para-hydroxylation sites is 2. The lowest BCUT2D eigenvalue weighted by Gasteiger charge is -2.30. The fraction of sp³-hybridized carbons (Fsp3) is 0.273. The summed E-state index contributed by atoms with van der Waals surface area (Å²) >= 11 is 11.9. The van der Waals surface area contributed by atoms with Gasteiger partial charge in [-0.15, -0.1) is 0 Å². The number of benzene rings is 2. The van der Waals surface area contributed by atoms with Gasteiger partial charge in [-0.2, -0.15) is 10.2 Å². The van der Waals surface area contributed by atoms with E-state index in [-0.39, 0.29) is 10.8 Å². The molecule has 1 aromatic heterocycles. The van der Waals surface area contributed by atoms with Gasteiger partial charge in [-0.1, -0.05) is 35.3 Å². The molecule has 2 aromatic carbocycles. The maximum atomic E-state index is 12.9. The zero-order chi connectivity index (χ0) is 22.0. The number of aromatic nitrogens is 1. The number of halogens is 2. The number of carbonyl (C=O) groups excluding carboxylic acids is 2. The maximum Gasteiger partial charge on any atom is 0.298 e. The van der Waals surface area contributed by atoms with Crippen LogP contribution in [0.5, 0.6) is 0 Å². The fourth-order valence-electron chi connectivity index (χ4n) is 3.63. The van der Waals surface area contributed by atoms with E-state index in [4.69, 9.17) is 27.6 Å². The van der Waals surface area contributed by atoms with Crippen molar-refractivity contribution >= 4 is 57.7 Å². The van der Waals surface area contributed by atoms with E-state index in [1.165, 1.54) is 12.1 Å². The Hall–Kier alpha value is -3.08. The number of anilines is 2. The molecule has 1 fully saturated rings. The number of ketones is 1. The van der Waals surface area contributed by atoms with E-state index in [2.05, 4.69) is 10.3 Å². The Kier molecular flexibility index (Phi) is 6.12. The second kappa shape index (κ2) is 8.96. The van der Waals surface area contributed by atoms with Crippen LogP contribution in [0.25, 0.3) is 11.1 Å². The lowest BCUT2D eigenvalue weighted by molar-refractivity contribution is -0.131. The molecule has 0 bridgehead atoms. The Bertz CT molecular complexity index is 1150. The smallest absolute Gasteiger partial charge is 0.298 e. The number of Topliss-reactive ketones (excluding diaryl/α,β-unsaturated/α-hetero) is 1. The SMILES string of the molecule is N#CC(C(=O)Nc1ccc(Cl)cc1Cl)C(=O)C1CCN(c2nc3ccccc3o2)CC1. The fourth-order valence-corrected chi connectivity index (χ4v) is 4.09. The molecule has 31 heavy (non-hydrogen) atoms. The summed E-state index contributed by atoms with van der Waals surface area (Å²) in [6.07, 6.45) is 1.01. The quantitative estimate of drug-likeness (QED) is 0.558. The summed E-state index contributed by atoms with van der Waals surface area (Å²) in [6, 6.07) is 14.4. The summed E-state index contributed by atoms with van der Waals surface area (Å²) < 4.78 is 5.79. The van der Waals surface area contributed by atoms with Crippen molar-refractivity contribution in [1.82, 2.24) is 4.98 Å². The molecule has 4 rings (SSSR count). The number of oxazole rings is 1. The van der Waals surface area contributed by atoms with Gasteiger partial charge in [-0.25, -0.2) is 0 Å². The molecular weight excluding hydrogens is 439 g/mol. The highest BCUT2D eigenvalue weighted by atomic mass is 35.5. The molecule has 1 amide bonds. The standard InChI is InChI=1S/C22H18Cl2N4O3/c23-14-5-6-17(16(24)11-14)26-21(30)15(12-25)20(29)13-7-9-28(10-8-13)22-27-18-3-1-2-4-19(18)31-22/h1-6,11,13,15H,7-10H2,(H,26,30). The molecule has 1 saturated heterocycles. The molecule has 1 atom stereocenters. The summed E-state index contributed by atoms with van der Waals surface area (Å²) in [7, 11) is 0. The third-order valence-electron chi connectivity index (χ3n) is 5.32. The minimum Gasteiger partial charge on any atom is -0.423 e. The van der Waals surface area contributed by atoms with Gasteiger partial charge >= 0.3 is 0 Å². The van der Waals surface area contributed by atoms with Crippen LogP contribution >= 0.6 is 23.2 Å². The number of carbonyl (C=O) groups is 2. The molecule has 0 radical (unpaired) electrons. The van der Waals surface area contributed by atoms with E-state index >= 15 is 0 Å². The second-order valence-corrected chi connectivity index (χ2v) is 8.15. The molecule has 7 nitrogen and oxygen atoms in total. The molecule has 2 heterocycles. The van der Waals surface area contributed by atoms with E-state index in [1.54, 1.807) is 6.07 Å². The van der Waals surface area contributed by atoms with Gasteiger partial charge in [0.2, 0.25) is 5.91 Å². The topological polar surface area (TPSA) is 99.2 Å². The van der Waals surface area contributed by atoms with E-state index in [9.17, 15) is 14.9 Å². The van der Waals surface area contributed by atoms with Gasteiger partial charge < -0.3 is 14.6 Å². The van der Waals surface area contributed by atoms with Crippen molar-refractivity contribution < 1.29 is 14.0 Å². The molecule has 1 N–H and O–H groups in total. The van der Waals surface area contributed by atoms with E-state index in [0.717, 1.165) is 5.52 Å². The van der Waals surface area contributed by atoms with Crippen molar-refractivity contribution in [3.8, 4) is 6.07 Å². The molecule has 1 aliphatic heterocycles. The lowest BCUT2D eigenvalue weighted by Crippen LogP contribution is -2.40. The van der Waals surface area contributed by atoms with Crippen LogP contribution in [-0.4, -0.2) is 29.8 Å². The lowest BCUT2D eigenvalue weighted by atomic mass is 9.86. The van der Waals surface area contributed by atoms with Crippen LogP contribution in [0.1, 0.15) is 12.8 Å². The van der Waals surface area contributed by atoms with Gasteiger partial charge in [0.15, 0.2) is 17.3 Å². The average molecular weight is 457 g/mol. The molecule has 0 saturated carbocycles. The highest BCUT2D eigenvalue weighted by Crippen LogP contribution is 2.29. The number of nitrogens with zero attached hydrogens (tertiary/aromatic N) is 3. The summed E-state index contributed by atoms with van der Waals surface area (Å²) in [5.74, 6) is -2.88. The van der Waals surface area contributed by atoms with Crippen molar-refractivity contribution in [1.29, 1.82) is 5.26 Å². The molecule has 0 spiro atoms. The summed E-state index contributed by atoms with van der Waals surface area (Å²) in [5, 5.41) is 12.7. The third-order valence-corrected chi connectivity index (χ3v) is 5.86.